The molecule has 0 aromatic carbocycles. The van der Waals surface area contributed by atoms with E-state index in [2.05, 4.69) is 25.7 Å². The Bertz CT molecular complexity index is 224. The summed E-state index contributed by atoms with van der Waals surface area (Å²) in [5, 5.41) is 2.78. The van der Waals surface area contributed by atoms with Crippen LogP contribution in [-0.4, -0.2) is 22.0 Å². The first-order valence-corrected chi connectivity index (χ1v) is 3.13. The van der Waals surface area contributed by atoms with E-state index in [4.69, 9.17) is 5.84 Å². The van der Waals surface area contributed by atoms with Crippen molar-refractivity contribution in [2.45, 2.75) is 6.92 Å². The Balaban J connectivity index is 3.02. The highest BCUT2D eigenvalue weighted by Crippen LogP contribution is 2.01. The molecule has 0 atom stereocenters. The first kappa shape index (κ1) is 7.67. The van der Waals surface area contributed by atoms with Gasteiger partial charge in [0.05, 0.1) is 0 Å². The molecule has 0 fully saturated rings. The Morgan fingerprint density at radius 2 is 1.82 bits per heavy atom. The number of aromatic nitrogens is 3. The molecule has 0 bridgehead atoms. The lowest BCUT2D eigenvalue weighted by molar-refractivity contribution is 0.970. The van der Waals surface area contributed by atoms with Gasteiger partial charge in [0.25, 0.3) is 0 Å². The monoisotopic (exact) mass is 154 g/mol. The van der Waals surface area contributed by atoms with Crippen LogP contribution in [0.3, 0.4) is 0 Å². The summed E-state index contributed by atoms with van der Waals surface area (Å²) in [5.74, 6) is 6.60. The van der Waals surface area contributed by atoms with Crippen molar-refractivity contribution in [1.29, 1.82) is 0 Å². The van der Waals surface area contributed by atoms with Gasteiger partial charge in [0.2, 0.25) is 11.9 Å². The van der Waals surface area contributed by atoms with Crippen molar-refractivity contribution in [2.24, 2.45) is 5.84 Å². The number of aryl methyl sites for hydroxylation is 1. The molecule has 6 nitrogen and oxygen atoms in total. The Hall–Kier alpha value is -1.43. The summed E-state index contributed by atoms with van der Waals surface area (Å²) >= 11 is 0. The summed E-state index contributed by atoms with van der Waals surface area (Å²) in [7, 11) is 1.73. The van der Waals surface area contributed by atoms with E-state index in [9.17, 15) is 0 Å². The van der Waals surface area contributed by atoms with E-state index >= 15 is 0 Å². The number of anilines is 2. The van der Waals surface area contributed by atoms with Crippen LogP contribution in [0.2, 0.25) is 0 Å². The van der Waals surface area contributed by atoms with Gasteiger partial charge in [-0.1, -0.05) is 0 Å². The first-order chi connectivity index (χ1) is 5.26. The van der Waals surface area contributed by atoms with Crippen molar-refractivity contribution in [3.05, 3.63) is 5.82 Å². The van der Waals surface area contributed by atoms with Crippen LogP contribution in [0.1, 0.15) is 5.82 Å². The van der Waals surface area contributed by atoms with Crippen LogP contribution in [0.5, 0.6) is 0 Å². The number of hydrogen-bond donors (Lipinski definition) is 3. The minimum absolute atomic E-state index is 0.363. The normalized spacial score (nSPS) is 9.36. The number of hydrazine groups is 1. The maximum atomic E-state index is 5.11. The summed E-state index contributed by atoms with van der Waals surface area (Å²) < 4.78 is 0. The maximum Gasteiger partial charge on any atom is 0.242 e. The summed E-state index contributed by atoms with van der Waals surface area (Å²) in [6.07, 6.45) is 0. The first-order valence-electron chi connectivity index (χ1n) is 3.13. The average molecular weight is 154 g/mol. The average Bonchev–Trinajstić information content (AvgIpc) is 2.03. The van der Waals surface area contributed by atoms with E-state index in [0.717, 1.165) is 0 Å². The van der Waals surface area contributed by atoms with Gasteiger partial charge in [0.15, 0.2) is 0 Å². The Morgan fingerprint density at radius 3 is 2.36 bits per heavy atom. The molecule has 11 heavy (non-hydrogen) atoms. The van der Waals surface area contributed by atoms with E-state index in [-0.39, 0.29) is 0 Å². The van der Waals surface area contributed by atoms with Gasteiger partial charge in [-0.05, 0) is 6.92 Å². The van der Waals surface area contributed by atoms with Crippen molar-refractivity contribution in [2.75, 3.05) is 17.8 Å². The molecule has 0 unspecified atom stereocenters. The summed E-state index contributed by atoms with van der Waals surface area (Å²) in [5.41, 5.74) is 2.34. The van der Waals surface area contributed by atoms with Gasteiger partial charge in [-0.3, -0.25) is 5.43 Å². The van der Waals surface area contributed by atoms with Crippen LogP contribution in [0.4, 0.5) is 11.9 Å². The molecule has 0 saturated heterocycles. The van der Waals surface area contributed by atoms with Crippen LogP contribution in [0, 0.1) is 6.92 Å². The fourth-order valence-corrected chi connectivity index (χ4v) is 0.658. The van der Waals surface area contributed by atoms with E-state index in [0.29, 0.717) is 17.7 Å². The largest absolute Gasteiger partial charge is 0.357 e. The van der Waals surface area contributed by atoms with Crippen molar-refractivity contribution in [1.82, 2.24) is 15.0 Å². The van der Waals surface area contributed by atoms with E-state index < -0.39 is 0 Å². The molecule has 60 valence electrons. The third-order valence-corrected chi connectivity index (χ3v) is 1.10. The fraction of sp³-hybridized carbons (Fsp3) is 0.400. The number of nitrogens with zero attached hydrogens (tertiary/aromatic N) is 3. The Labute approximate surface area is 64.2 Å². The topological polar surface area (TPSA) is 88.8 Å². The molecule has 4 N–H and O–H groups in total. The molecule has 0 aliphatic heterocycles. The van der Waals surface area contributed by atoms with Gasteiger partial charge in [-0.15, -0.1) is 0 Å². The van der Waals surface area contributed by atoms with E-state index in [1.807, 2.05) is 0 Å². The Morgan fingerprint density at radius 1 is 1.18 bits per heavy atom. The standard InChI is InChI=1S/C5H10N6/c1-3-8-4(7-2)10-5(9-3)11-6/h6H2,1-2H3,(H2,7,8,9,10,11). The molecule has 0 amide bonds. The lowest BCUT2D eigenvalue weighted by Crippen LogP contribution is -2.13. The highest BCUT2D eigenvalue weighted by Gasteiger charge is 1.98. The molecule has 1 aromatic rings. The molecular formula is C5H10N6. The lowest BCUT2D eigenvalue weighted by Gasteiger charge is -2.01. The molecule has 0 saturated carbocycles. The van der Waals surface area contributed by atoms with Crippen molar-refractivity contribution >= 4 is 11.9 Å². The predicted octanol–water partition coefficient (Wildman–Crippen LogP) is -0.493. The number of hydrogen-bond acceptors (Lipinski definition) is 6. The summed E-state index contributed by atoms with van der Waals surface area (Å²) in [6.45, 7) is 1.77. The van der Waals surface area contributed by atoms with Crippen LogP contribution >= 0.6 is 0 Å². The van der Waals surface area contributed by atoms with Gasteiger partial charge in [0.1, 0.15) is 5.82 Å². The zero-order chi connectivity index (χ0) is 8.27. The minimum atomic E-state index is 0.363. The molecule has 1 aromatic heterocycles. The summed E-state index contributed by atoms with van der Waals surface area (Å²) in [4.78, 5) is 11.8. The van der Waals surface area contributed by atoms with E-state index in [1.54, 1.807) is 14.0 Å². The van der Waals surface area contributed by atoms with Crippen LogP contribution in [0.15, 0.2) is 0 Å². The van der Waals surface area contributed by atoms with Crippen molar-refractivity contribution < 1.29 is 0 Å². The molecule has 0 aliphatic rings. The smallest absolute Gasteiger partial charge is 0.242 e. The van der Waals surface area contributed by atoms with Gasteiger partial charge in [-0.2, -0.15) is 15.0 Å². The SMILES string of the molecule is CNc1nc(C)nc(NN)n1. The molecule has 6 heteroatoms. The third-order valence-electron chi connectivity index (χ3n) is 1.10. The highest BCUT2D eigenvalue weighted by atomic mass is 15.3. The fourth-order valence-electron chi connectivity index (χ4n) is 0.658. The highest BCUT2D eigenvalue weighted by molar-refractivity contribution is 5.32. The second-order valence-electron chi connectivity index (χ2n) is 1.92. The number of nitrogens with one attached hydrogen (secondary N) is 2. The molecule has 1 heterocycles. The van der Waals surface area contributed by atoms with Crippen LogP contribution < -0.4 is 16.6 Å². The minimum Gasteiger partial charge on any atom is -0.357 e. The Kier molecular flexibility index (Phi) is 2.17. The quantitative estimate of drug-likeness (QED) is 0.393. The van der Waals surface area contributed by atoms with E-state index in [1.165, 1.54) is 0 Å². The zero-order valence-electron chi connectivity index (χ0n) is 6.42. The van der Waals surface area contributed by atoms with Gasteiger partial charge in [0, 0.05) is 7.05 Å². The second-order valence-corrected chi connectivity index (χ2v) is 1.92. The van der Waals surface area contributed by atoms with Crippen molar-refractivity contribution in [3.63, 3.8) is 0 Å². The molecule has 1 rings (SSSR count). The predicted molar refractivity (Wildman–Crippen MR) is 41.9 cm³/mol. The molecule has 0 aliphatic carbocycles. The van der Waals surface area contributed by atoms with Crippen molar-refractivity contribution in [3.8, 4) is 0 Å². The third kappa shape index (κ3) is 1.74. The molecule has 0 spiro atoms. The zero-order valence-corrected chi connectivity index (χ0v) is 6.42. The molecular weight excluding hydrogens is 144 g/mol. The van der Waals surface area contributed by atoms with Gasteiger partial charge >= 0.3 is 0 Å². The summed E-state index contributed by atoms with van der Waals surface area (Å²) in [6, 6.07) is 0. The maximum absolute atomic E-state index is 5.11. The molecule has 0 radical (unpaired) electrons. The lowest BCUT2D eigenvalue weighted by atomic mass is 10.7. The van der Waals surface area contributed by atoms with Crippen LogP contribution in [-0.2, 0) is 0 Å². The van der Waals surface area contributed by atoms with Gasteiger partial charge in [-0.25, -0.2) is 5.84 Å². The number of rotatable bonds is 2. The number of nitrogen functional groups attached to an aromatic ring is 1. The number of nitrogens with two attached hydrogens (primary N) is 1. The van der Waals surface area contributed by atoms with Gasteiger partial charge < -0.3 is 5.32 Å². The van der Waals surface area contributed by atoms with Crippen LogP contribution in [0.25, 0.3) is 0 Å². The second kappa shape index (κ2) is 3.11.